The molecule has 2 aromatic rings. The molecule has 2 heterocycles. The van der Waals surface area contributed by atoms with Crippen LogP contribution in [-0.4, -0.2) is 15.9 Å². The van der Waals surface area contributed by atoms with Crippen molar-refractivity contribution in [1.82, 2.24) is 9.97 Å². The van der Waals surface area contributed by atoms with Crippen molar-refractivity contribution in [2.45, 2.75) is 50.4 Å². The van der Waals surface area contributed by atoms with Crippen LogP contribution in [0.4, 0.5) is 8.78 Å². The van der Waals surface area contributed by atoms with Crippen LogP contribution < -0.4 is 5.56 Å². The van der Waals surface area contributed by atoms with Gasteiger partial charge in [-0.15, -0.1) is 11.3 Å². The van der Waals surface area contributed by atoms with Crippen molar-refractivity contribution in [2.75, 3.05) is 0 Å². The van der Waals surface area contributed by atoms with Gasteiger partial charge in [0, 0.05) is 23.6 Å². The molecule has 0 aromatic carbocycles. The number of fused-ring (bicyclic) bond motifs is 3. The molecule has 0 saturated heterocycles. The summed E-state index contributed by atoms with van der Waals surface area (Å²) >= 11 is 1.55. The predicted octanol–water partition coefficient (Wildman–Crippen LogP) is 3.38. The Bertz CT molecular complexity index is 749. The molecule has 2 aliphatic rings. The molecule has 2 aliphatic carbocycles. The Morgan fingerprint density at radius 1 is 1.35 bits per heavy atom. The van der Waals surface area contributed by atoms with Crippen molar-refractivity contribution < 1.29 is 8.78 Å². The molecule has 0 bridgehead atoms. The Hall–Kier alpha value is -1.30. The zero-order chi connectivity index (χ0) is 13.9. The van der Waals surface area contributed by atoms with Crippen LogP contribution >= 0.6 is 11.3 Å². The van der Waals surface area contributed by atoms with Crippen molar-refractivity contribution >= 4 is 21.6 Å². The summed E-state index contributed by atoms with van der Waals surface area (Å²) in [5.74, 6) is -2.49. The zero-order valence-electron chi connectivity index (χ0n) is 10.8. The number of thiophene rings is 1. The van der Waals surface area contributed by atoms with E-state index in [1.54, 1.807) is 11.3 Å². The predicted molar refractivity (Wildman–Crippen MR) is 73.8 cm³/mol. The number of aromatic nitrogens is 2. The lowest BCUT2D eigenvalue weighted by Gasteiger charge is -2.09. The van der Waals surface area contributed by atoms with Gasteiger partial charge in [-0.05, 0) is 31.2 Å². The largest absolute Gasteiger partial charge is 0.310 e. The molecule has 0 aliphatic heterocycles. The minimum Gasteiger partial charge on any atom is -0.310 e. The first-order chi connectivity index (χ1) is 9.53. The van der Waals surface area contributed by atoms with E-state index < -0.39 is 5.92 Å². The Labute approximate surface area is 118 Å². The van der Waals surface area contributed by atoms with Gasteiger partial charge in [0.25, 0.3) is 5.56 Å². The zero-order valence-corrected chi connectivity index (χ0v) is 11.7. The van der Waals surface area contributed by atoms with Gasteiger partial charge in [0.05, 0.1) is 5.39 Å². The smallest absolute Gasteiger partial charge is 0.259 e. The quantitative estimate of drug-likeness (QED) is 0.877. The molecule has 0 amide bonds. The van der Waals surface area contributed by atoms with Gasteiger partial charge in [-0.2, -0.15) is 0 Å². The summed E-state index contributed by atoms with van der Waals surface area (Å²) in [6, 6.07) is 0. The third-order valence-electron chi connectivity index (χ3n) is 4.38. The van der Waals surface area contributed by atoms with Crippen molar-refractivity contribution in [2.24, 2.45) is 0 Å². The second-order valence-electron chi connectivity index (χ2n) is 5.78. The number of rotatable bonds is 1. The molecule has 3 nitrogen and oxygen atoms in total. The molecule has 0 spiro atoms. The molecular formula is C14H14F2N2OS. The molecule has 1 N–H and O–H groups in total. The summed E-state index contributed by atoms with van der Waals surface area (Å²) in [5, 5.41) is 0.691. The highest BCUT2D eigenvalue weighted by Gasteiger charge is 2.41. The van der Waals surface area contributed by atoms with Crippen LogP contribution in [0.1, 0.15) is 47.9 Å². The Kier molecular flexibility index (Phi) is 2.55. The van der Waals surface area contributed by atoms with Crippen molar-refractivity contribution in [3.05, 3.63) is 26.6 Å². The number of aromatic amines is 1. The number of halogens is 2. The van der Waals surface area contributed by atoms with Crippen LogP contribution in [0.3, 0.4) is 0 Å². The first-order valence-corrected chi connectivity index (χ1v) is 7.77. The molecule has 6 heteroatoms. The highest BCUT2D eigenvalue weighted by Crippen LogP contribution is 2.43. The van der Waals surface area contributed by atoms with Gasteiger partial charge < -0.3 is 4.98 Å². The topological polar surface area (TPSA) is 45.8 Å². The fraction of sp³-hybridized carbons (Fsp3) is 0.571. The van der Waals surface area contributed by atoms with Gasteiger partial charge >= 0.3 is 0 Å². The summed E-state index contributed by atoms with van der Waals surface area (Å²) in [4.78, 5) is 21.5. The summed E-state index contributed by atoms with van der Waals surface area (Å²) < 4.78 is 26.6. The Balaban J connectivity index is 1.82. The Morgan fingerprint density at radius 2 is 2.20 bits per heavy atom. The van der Waals surface area contributed by atoms with Crippen molar-refractivity contribution in [1.29, 1.82) is 0 Å². The van der Waals surface area contributed by atoms with Crippen LogP contribution in [0.2, 0.25) is 0 Å². The maximum Gasteiger partial charge on any atom is 0.259 e. The highest BCUT2D eigenvalue weighted by atomic mass is 32.1. The van der Waals surface area contributed by atoms with E-state index in [9.17, 15) is 13.6 Å². The van der Waals surface area contributed by atoms with Crippen LogP contribution in [0, 0.1) is 0 Å². The minimum absolute atomic E-state index is 0.111. The SMILES string of the molecule is O=c1[nH]c(C2CCC(F)(F)C2)nc2sc3c(c12)CCC3. The standard InChI is InChI=1S/C14H14F2N2OS/c15-14(16)5-4-7(6-14)11-17-12(19)10-8-2-1-3-9(8)20-13(10)18-11/h7H,1-6H2,(H,17,18,19). The number of alkyl halides is 2. The maximum atomic E-state index is 13.3. The van der Waals surface area contributed by atoms with Gasteiger partial charge in [-0.1, -0.05) is 0 Å². The molecule has 20 heavy (non-hydrogen) atoms. The number of hydrogen-bond acceptors (Lipinski definition) is 3. The van der Waals surface area contributed by atoms with E-state index in [1.165, 1.54) is 4.88 Å². The molecule has 106 valence electrons. The number of H-pyrrole nitrogens is 1. The molecule has 1 atom stereocenters. The van der Waals surface area contributed by atoms with E-state index in [0.717, 1.165) is 29.7 Å². The van der Waals surface area contributed by atoms with Gasteiger partial charge in [-0.25, -0.2) is 13.8 Å². The van der Waals surface area contributed by atoms with Gasteiger partial charge in [0.2, 0.25) is 5.92 Å². The van der Waals surface area contributed by atoms with Crippen molar-refractivity contribution in [3.8, 4) is 0 Å². The summed E-state index contributed by atoms with van der Waals surface area (Å²) in [7, 11) is 0. The molecule has 1 fully saturated rings. The van der Waals surface area contributed by atoms with Gasteiger partial charge in [-0.3, -0.25) is 4.79 Å². The normalized spacial score (nSPS) is 24.4. The van der Waals surface area contributed by atoms with Crippen molar-refractivity contribution in [3.63, 3.8) is 0 Å². The van der Waals surface area contributed by atoms with E-state index in [2.05, 4.69) is 9.97 Å². The summed E-state index contributed by atoms with van der Waals surface area (Å²) in [6.07, 6.45) is 3.11. The lowest BCUT2D eigenvalue weighted by molar-refractivity contribution is 0.00754. The third kappa shape index (κ3) is 1.81. The monoisotopic (exact) mass is 296 g/mol. The number of nitrogens with one attached hydrogen (secondary N) is 1. The fourth-order valence-electron chi connectivity index (χ4n) is 3.40. The van der Waals surface area contributed by atoms with Crippen LogP contribution in [0.5, 0.6) is 0 Å². The molecule has 1 saturated carbocycles. The molecule has 0 radical (unpaired) electrons. The van der Waals surface area contributed by atoms with E-state index in [4.69, 9.17) is 0 Å². The van der Waals surface area contributed by atoms with E-state index >= 15 is 0 Å². The number of nitrogens with zero attached hydrogens (tertiary/aromatic N) is 1. The summed E-state index contributed by atoms with van der Waals surface area (Å²) in [6.45, 7) is 0. The first-order valence-electron chi connectivity index (χ1n) is 6.96. The molecule has 4 rings (SSSR count). The van der Waals surface area contributed by atoms with Crippen LogP contribution in [0.25, 0.3) is 10.2 Å². The number of hydrogen-bond donors (Lipinski definition) is 1. The van der Waals surface area contributed by atoms with Gasteiger partial charge in [0.1, 0.15) is 10.7 Å². The lowest BCUT2D eigenvalue weighted by Crippen LogP contribution is -2.15. The van der Waals surface area contributed by atoms with E-state index in [0.29, 0.717) is 17.6 Å². The molecular weight excluding hydrogens is 282 g/mol. The van der Waals surface area contributed by atoms with Gasteiger partial charge in [0.15, 0.2) is 0 Å². The first kappa shape index (κ1) is 12.4. The van der Waals surface area contributed by atoms with Crippen LogP contribution in [-0.2, 0) is 12.8 Å². The average Bonchev–Trinajstić information content (AvgIpc) is 3.01. The van der Waals surface area contributed by atoms with Crippen LogP contribution in [0.15, 0.2) is 4.79 Å². The highest BCUT2D eigenvalue weighted by molar-refractivity contribution is 7.18. The molecule has 2 aromatic heterocycles. The fourth-order valence-corrected chi connectivity index (χ4v) is 4.66. The lowest BCUT2D eigenvalue weighted by atomic mass is 10.1. The van der Waals surface area contributed by atoms with E-state index in [1.807, 2.05) is 0 Å². The second kappa shape index (κ2) is 4.10. The molecule has 1 unspecified atom stereocenters. The summed E-state index contributed by atoms with van der Waals surface area (Å²) in [5.41, 5.74) is 0.974. The second-order valence-corrected chi connectivity index (χ2v) is 6.87. The Morgan fingerprint density at radius 3 is 2.95 bits per heavy atom. The third-order valence-corrected chi connectivity index (χ3v) is 5.57. The maximum absolute atomic E-state index is 13.3. The minimum atomic E-state index is -2.62. The van der Waals surface area contributed by atoms with E-state index in [-0.39, 0.29) is 24.3 Å². The average molecular weight is 296 g/mol. The number of aryl methyl sites for hydroxylation is 2.